The van der Waals surface area contributed by atoms with E-state index in [1.165, 1.54) is 0 Å². The average Bonchev–Trinajstić information content (AvgIpc) is 2.56. The van der Waals surface area contributed by atoms with Crippen LogP contribution in [-0.4, -0.2) is 45.5 Å². The Labute approximate surface area is 154 Å². The highest BCUT2D eigenvalue weighted by Gasteiger charge is 2.35. The van der Waals surface area contributed by atoms with E-state index in [9.17, 15) is 9.59 Å². The fourth-order valence-electron chi connectivity index (χ4n) is 2.87. The number of carbonyl (C=O) groups is 1. The molecule has 0 radical (unpaired) electrons. The maximum atomic E-state index is 12.6. The number of piperidine rings is 1. The molecule has 1 fully saturated rings. The van der Waals surface area contributed by atoms with E-state index in [0.717, 1.165) is 18.4 Å². The van der Waals surface area contributed by atoms with Crippen molar-refractivity contribution in [3.05, 3.63) is 34.2 Å². The van der Waals surface area contributed by atoms with E-state index in [1.807, 2.05) is 37.3 Å². The molecule has 0 aliphatic carbocycles. The average molecular weight is 374 g/mol. The number of nitrogens with two attached hydrogens (primary N) is 1. The van der Waals surface area contributed by atoms with Crippen LogP contribution < -0.4 is 11.3 Å². The van der Waals surface area contributed by atoms with Crippen LogP contribution in [0.1, 0.15) is 38.2 Å². The molecule has 24 heavy (non-hydrogen) atoms. The van der Waals surface area contributed by atoms with Crippen molar-refractivity contribution in [1.82, 2.24) is 9.47 Å². The van der Waals surface area contributed by atoms with Crippen LogP contribution in [0.4, 0.5) is 0 Å². The number of aromatic nitrogens is 1. The first-order valence-corrected chi connectivity index (χ1v) is 9.25. The molecule has 136 valence electrons. The fourth-order valence-corrected chi connectivity index (χ4v) is 3.23. The number of carbonyl (C=O) groups excluding carboxylic acids is 1. The van der Waals surface area contributed by atoms with Gasteiger partial charge in [0.05, 0.1) is 6.04 Å². The highest BCUT2D eigenvalue weighted by molar-refractivity contribution is 8.00. The third-order valence-electron chi connectivity index (χ3n) is 4.95. The second kappa shape index (κ2) is 8.41. The van der Waals surface area contributed by atoms with Crippen molar-refractivity contribution in [3.8, 4) is 0 Å². The van der Waals surface area contributed by atoms with Crippen LogP contribution >= 0.6 is 24.2 Å². The van der Waals surface area contributed by atoms with Gasteiger partial charge in [-0.1, -0.05) is 0 Å². The minimum absolute atomic E-state index is 0. The normalized spacial score (nSPS) is 17.3. The molecule has 7 heteroatoms. The van der Waals surface area contributed by atoms with Crippen LogP contribution in [0.5, 0.6) is 0 Å². The van der Waals surface area contributed by atoms with Crippen LogP contribution in [0.2, 0.25) is 0 Å². The zero-order chi connectivity index (χ0) is 17.2. The number of thioether (sulfide) groups is 1. The maximum Gasteiger partial charge on any atom is 0.250 e. The van der Waals surface area contributed by atoms with E-state index in [4.69, 9.17) is 5.73 Å². The summed E-state index contributed by atoms with van der Waals surface area (Å²) in [7, 11) is 1.75. The monoisotopic (exact) mass is 373 g/mol. The standard InChI is InChI=1S/C17H27N3O2S.ClH/c1-17(2,23-4)15(18)16(22)20-9-6-12(7-10-20)13-5-8-19(3)14(21)11-13;/h5,8,11-12,15H,6-7,9-10,18H2,1-4H3;1H/t15-;/m1./s1. The Kier molecular flexibility index (Phi) is 7.38. The van der Waals surface area contributed by atoms with Gasteiger partial charge in [0.25, 0.3) is 5.56 Å². The number of amides is 1. The van der Waals surface area contributed by atoms with Crippen LogP contribution in [0.3, 0.4) is 0 Å². The molecule has 0 spiro atoms. The van der Waals surface area contributed by atoms with Crippen molar-refractivity contribution in [2.24, 2.45) is 12.8 Å². The highest BCUT2D eigenvalue weighted by Crippen LogP contribution is 2.30. The van der Waals surface area contributed by atoms with Crippen LogP contribution in [0, 0.1) is 0 Å². The Morgan fingerprint density at radius 3 is 2.46 bits per heavy atom. The molecule has 0 saturated carbocycles. The number of halogens is 1. The smallest absolute Gasteiger partial charge is 0.250 e. The lowest BCUT2D eigenvalue weighted by Crippen LogP contribution is -2.54. The molecule has 1 atom stereocenters. The van der Waals surface area contributed by atoms with Gasteiger partial charge in [-0.3, -0.25) is 9.59 Å². The summed E-state index contributed by atoms with van der Waals surface area (Å²) in [5.74, 6) is 0.379. The molecule has 5 nitrogen and oxygen atoms in total. The summed E-state index contributed by atoms with van der Waals surface area (Å²) in [5.41, 5.74) is 7.26. The first kappa shape index (κ1) is 21.1. The van der Waals surface area contributed by atoms with Crippen molar-refractivity contribution in [1.29, 1.82) is 0 Å². The summed E-state index contributed by atoms with van der Waals surface area (Å²) < 4.78 is 1.31. The summed E-state index contributed by atoms with van der Waals surface area (Å²) in [6, 6.07) is 3.23. The fraction of sp³-hybridized carbons (Fsp3) is 0.647. The summed E-state index contributed by atoms with van der Waals surface area (Å²) in [5, 5.41) is 0. The van der Waals surface area contributed by atoms with Crippen molar-refractivity contribution in [2.45, 2.75) is 43.4 Å². The predicted octanol–water partition coefficient (Wildman–Crippen LogP) is 1.98. The van der Waals surface area contributed by atoms with Gasteiger partial charge in [-0.25, -0.2) is 0 Å². The summed E-state index contributed by atoms with van der Waals surface area (Å²) >= 11 is 1.62. The molecular weight excluding hydrogens is 346 g/mol. The van der Waals surface area contributed by atoms with Crippen LogP contribution in [-0.2, 0) is 11.8 Å². The maximum absolute atomic E-state index is 12.6. The molecule has 1 amide bonds. The van der Waals surface area contributed by atoms with E-state index < -0.39 is 6.04 Å². The lowest BCUT2D eigenvalue weighted by molar-refractivity contribution is -0.134. The summed E-state index contributed by atoms with van der Waals surface area (Å²) in [6.07, 6.45) is 5.55. The molecule has 1 aliphatic heterocycles. The van der Waals surface area contributed by atoms with Crippen molar-refractivity contribution in [2.75, 3.05) is 19.3 Å². The van der Waals surface area contributed by atoms with Crippen molar-refractivity contribution < 1.29 is 4.79 Å². The Balaban J connectivity index is 0.00000288. The Morgan fingerprint density at radius 1 is 1.38 bits per heavy atom. The first-order chi connectivity index (χ1) is 10.8. The van der Waals surface area contributed by atoms with E-state index >= 15 is 0 Å². The SMILES string of the molecule is CSC(C)(C)[C@H](N)C(=O)N1CCC(c2ccn(C)c(=O)c2)CC1.Cl. The molecular formula is C17H28ClN3O2S. The summed E-state index contributed by atoms with van der Waals surface area (Å²) in [6.45, 7) is 5.42. The first-order valence-electron chi connectivity index (χ1n) is 8.02. The molecule has 2 rings (SSSR count). The van der Waals surface area contributed by atoms with Gasteiger partial charge in [-0.05, 0) is 50.5 Å². The number of pyridine rings is 1. The lowest BCUT2D eigenvalue weighted by Gasteiger charge is -2.37. The number of hydrogen-bond acceptors (Lipinski definition) is 4. The number of aryl methyl sites for hydroxylation is 1. The van der Waals surface area contributed by atoms with Gasteiger partial charge < -0.3 is 15.2 Å². The minimum atomic E-state index is -0.488. The van der Waals surface area contributed by atoms with E-state index in [2.05, 4.69) is 0 Å². The molecule has 0 aromatic carbocycles. The Morgan fingerprint density at radius 2 is 1.96 bits per heavy atom. The largest absolute Gasteiger partial charge is 0.341 e. The zero-order valence-electron chi connectivity index (χ0n) is 14.8. The van der Waals surface area contributed by atoms with Gasteiger partial charge in [0.1, 0.15) is 0 Å². The molecule has 1 aliphatic rings. The van der Waals surface area contributed by atoms with Gasteiger partial charge in [-0.15, -0.1) is 12.4 Å². The number of likely N-dealkylation sites (tertiary alicyclic amines) is 1. The second-order valence-electron chi connectivity index (χ2n) is 6.79. The summed E-state index contributed by atoms with van der Waals surface area (Å²) in [4.78, 5) is 26.2. The molecule has 0 unspecified atom stereocenters. The molecule has 1 saturated heterocycles. The van der Waals surface area contributed by atoms with Gasteiger partial charge in [0.15, 0.2) is 0 Å². The van der Waals surface area contributed by atoms with Crippen molar-refractivity contribution >= 4 is 30.1 Å². The molecule has 1 aromatic rings. The third-order valence-corrected chi connectivity index (χ3v) is 6.25. The van der Waals surface area contributed by atoms with Gasteiger partial charge in [-0.2, -0.15) is 11.8 Å². The second-order valence-corrected chi connectivity index (χ2v) is 8.25. The molecule has 1 aromatic heterocycles. The quantitative estimate of drug-likeness (QED) is 0.876. The van der Waals surface area contributed by atoms with E-state index in [-0.39, 0.29) is 28.6 Å². The highest BCUT2D eigenvalue weighted by atomic mass is 35.5. The van der Waals surface area contributed by atoms with E-state index in [1.54, 1.807) is 29.4 Å². The third kappa shape index (κ3) is 4.55. The number of hydrogen-bond donors (Lipinski definition) is 1. The molecule has 0 bridgehead atoms. The predicted molar refractivity (Wildman–Crippen MR) is 103 cm³/mol. The Bertz CT molecular complexity index is 625. The zero-order valence-corrected chi connectivity index (χ0v) is 16.5. The van der Waals surface area contributed by atoms with Crippen LogP contribution in [0.15, 0.2) is 23.1 Å². The minimum Gasteiger partial charge on any atom is -0.341 e. The topological polar surface area (TPSA) is 68.3 Å². The van der Waals surface area contributed by atoms with E-state index in [0.29, 0.717) is 19.0 Å². The van der Waals surface area contributed by atoms with Gasteiger partial charge in [0.2, 0.25) is 5.91 Å². The van der Waals surface area contributed by atoms with Gasteiger partial charge in [0, 0.05) is 37.1 Å². The van der Waals surface area contributed by atoms with Crippen LogP contribution in [0.25, 0.3) is 0 Å². The van der Waals surface area contributed by atoms with Crippen molar-refractivity contribution in [3.63, 3.8) is 0 Å². The molecule has 2 N–H and O–H groups in total. The molecule has 2 heterocycles. The van der Waals surface area contributed by atoms with Gasteiger partial charge >= 0.3 is 0 Å². The number of rotatable bonds is 4. The number of nitrogens with zero attached hydrogens (tertiary/aromatic N) is 2. The Hall–Kier alpha value is -0.980. The lowest BCUT2D eigenvalue weighted by atomic mass is 9.89.